The number of fused-ring (bicyclic) bond motifs is 1. The maximum atomic E-state index is 13.3. The second-order valence-corrected chi connectivity index (χ2v) is 6.41. The molecule has 4 rings (SSSR count). The van der Waals surface area contributed by atoms with E-state index in [-0.39, 0.29) is 23.1 Å². The highest BCUT2D eigenvalue weighted by molar-refractivity contribution is 5.84. The second-order valence-electron chi connectivity index (χ2n) is 6.41. The van der Waals surface area contributed by atoms with E-state index in [2.05, 4.69) is 15.0 Å². The van der Waals surface area contributed by atoms with Crippen LogP contribution in [-0.2, 0) is 11.0 Å². The Kier molecular flexibility index (Phi) is 4.40. The fourth-order valence-electron chi connectivity index (χ4n) is 3.24. The molecular weight excluding hydrogens is 375 g/mol. The summed E-state index contributed by atoms with van der Waals surface area (Å²) in [5, 5.41) is 0. The molecule has 0 bridgehead atoms. The van der Waals surface area contributed by atoms with Crippen molar-refractivity contribution in [2.75, 3.05) is 31.1 Å². The van der Waals surface area contributed by atoms with E-state index >= 15 is 0 Å². The van der Waals surface area contributed by atoms with E-state index in [1.807, 2.05) is 4.90 Å². The van der Waals surface area contributed by atoms with Gasteiger partial charge in [-0.25, -0.2) is 9.97 Å². The third kappa shape index (κ3) is 3.25. The Hall–Kier alpha value is -3.17. The van der Waals surface area contributed by atoms with E-state index in [4.69, 9.17) is 4.42 Å². The number of rotatable bonds is 2. The Balaban J connectivity index is 1.72. The van der Waals surface area contributed by atoms with Crippen LogP contribution in [0.25, 0.3) is 22.7 Å². The summed E-state index contributed by atoms with van der Waals surface area (Å²) in [6.07, 6.45) is -3.24. The first-order chi connectivity index (χ1) is 13.3. The molecule has 0 atom stereocenters. The van der Waals surface area contributed by atoms with Crippen molar-refractivity contribution in [3.05, 3.63) is 36.2 Å². The molecule has 1 amide bonds. The zero-order valence-corrected chi connectivity index (χ0v) is 14.9. The standard InChI is InChI=1S/C18H16F3N5O2/c1-11(27)25-6-8-26(9-7-25)15-14-17(23-10-22-15)28-16(24-14)12-4-2-3-5-13(12)18(19,20)21/h2-5,10H,6-9H2,1H3. The van der Waals surface area contributed by atoms with Gasteiger partial charge in [0.15, 0.2) is 11.3 Å². The van der Waals surface area contributed by atoms with Gasteiger partial charge in [0, 0.05) is 38.7 Å². The Bertz CT molecular complexity index is 1030. The predicted octanol–water partition coefficient (Wildman–Crippen LogP) is 2.97. The van der Waals surface area contributed by atoms with Gasteiger partial charge in [0.05, 0.1) is 5.56 Å². The Morgan fingerprint density at radius 2 is 1.82 bits per heavy atom. The van der Waals surface area contributed by atoms with E-state index in [1.54, 1.807) is 4.90 Å². The Morgan fingerprint density at radius 3 is 2.50 bits per heavy atom. The highest BCUT2D eigenvalue weighted by atomic mass is 19.4. The lowest BCUT2D eigenvalue weighted by molar-refractivity contribution is -0.137. The highest BCUT2D eigenvalue weighted by Gasteiger charge is 2.35. The molecule has 0 saturated carbocycles. The third-order valence-electron chi connectivity index (χ3n) is 4.66. The second kappa shape index (κ2) is 6.77. The molecule has 1 fully saturated rings. The molecule has 3 aromatic rings. The molecule has 0 unspecified atom stereocenters. The quantitative estimate of drug-likeness (QED) is 0.669. The molecule has 0 N–H and O–H groups in total. The first-order valence-corrected chi connectivity index (χ1v) is 8.63. The summed E-state index contributed by atoms with van der Waals surface area (Å²) in [7, 11) is 0. The van der Waals surface area contributed by atoms with Crippen LogP contribution in [0.5, 0.6) is 0 Å². The van der Waals surface area contributed by atoms with Crippen molar-refractivity contribution in [2.24, 2.45) is 0 Å². The molecule has 1 saturated heterocycles. The number of piperazine rings is 1. The fraction of sp³-hybridized carbons (Fsp3) is 0.333. The molecule has 0 radical (unpaired) electrons. The third-order valence-corrected chi connectivity index (χ3v) is 4.66. The van der Waals surface area contributed by atoms with Gasteiger partial charge in [-0.2, -0.15) is 18.2 Å². The summed E-state index contributed by atoms with van der Waals surface area (Å²) in [5.41, 5.74) is -0.566. The van der Waals surface area contributed by atoms with Crippen molar-refractivity contribution in [1.82, 2.24) is 19.9 Å². The summed E-state index contributed by atoms with van der Waals surface area (Å²) >= 11 is 0. The molecule has 3 heterocycles. The number of halogens is 3. The lowest BCUT2D eigenvalue weighted by atomic mass is 10.1. The number of hydrogen-bond donors (Lipinski definition) is 0. The molecule has 10 heteroatoms. The van der Waals surface area contributed by atoms with E-state index in [0.717, 1.165) is 6.07 Å². The van der Waals surface area contributed by atoms with Crippen LogP contribution < -0.4 is 4.90 Å². The molecule has 0 spiro atoms. The Labute approximate surface area is 157 Å². The number of benzene rings is 1. The fourth-order valence-corrected chi connectivity index (χ4v) is 3.24. The minimum atomic E-state index is -4.53. The molecular formula is C18H16F3N5O2. The van der Waals surface area contributed by atoms with Gasteiger partial charge >= 0.3 is 6.18 Å². The van der Waals surface area contributed by atoms with Crippen LogP contribution in [0.1, 0.15) is 12.5 Å². The summed E-state index contributed by atoms with van der Waals surface area (Å²) in [6, 6.07) is 5.10. The molecule has 28 heavy (non-hydrogen) atoms. The number of nitrogens with zero attached hydrogens (tertiary/aromatic N) is 5. The molecule has 1 aromatic carbocycles. The van der Waals surface area contributed by atoms with Crippen molar-refractivity contribution < 1.29 is 22.4 Å². The smallest absolute Gasteiger partial charge is 0.417 e. The van der Waals surface area contributed by atoms with Crippen LogP contribution >= 0.6 is 0 Å². The summed E-state index contributed by atoms with van der Waals surface area (Å²) in [4.78, 5) is 27.7. The van der Waals surface area contributed by atoms with E-state index in [0.29, 0.717) is 37.5 Å². The van der Waals surface area contributed by atoms with Crippen molar-refractivity contribution in [2.45, 2.75) is 13.1 Å². The van der Waals surface area contributed by atoms with Gasteiger partial charge in [-0.15, -0.1) is 0 Å². The maximum Gasteiger partial charge on any atom is 0.417 e. The average molecular weight is 391 g/mol. The molecule has 2 aromatic heterocycles. The van der Waals surface area contributed by atoms with Crippen LogP contribution in [0.15, 0.2) is 35.0 Å². The van der Waals surface area contributed by atoms with Crippen LogP contribution in [0.4, 0.5) is 19.0 Å². The van der Waals surface area contributed by atoms with E-state index in [9.17, 15) is 18.0 Å². The molecule has 1 aliphatic rings. The van der Waals surface area contributed by atoms with Gasteiger partial charge in [0.2, 0.25) is 11.8 Å². The lowest BCUT2D eigenvalue weighted by Crippen LogP contribution is -2.48. The number of carbonyl (C=O) groups is 1. The summed E-state index contributed by atoms with van der Waals surface area (Å²) in [5.74, 6) is 0.319. The van der Waals surface area contributed by atoms with Gasteiger partial charge in [0.1, 0.15) is 6.33 Å². The number of alkyl halides is 3. The number of hydrogen-bond acceptors (Lipinski definition) is 6. The number of amides is 1. The first kappa shape index (κ1) is 18.2. The number of anilines is 1. The van der Waals surface area contributed by atoms with Crippen LogP contribution in [-0.4, -0.2) is 51.9 Å². The number of carbonyl (C=O) groups excluding carboxylic acids is 1. The van der Waals surface area contributed by atoms with Gasteiger partial charge in [-0.1, -0.05) is 12.1 Å². The van der Waals surface area contributed by atoms with Crippen molar-refractivity contribution in [1.29, 1.82) is 0 Å². The van der Waals surface area contributed by atoms with Crippen LogP contribution in [0.2, 0.25) is 0 Å². The summed E-state index contributed by atoms with van der Waals surface area (Å²) < 4.78 is 45.5. The topological polar surface area (TPSA) is 75.4 Å². The minimum Gasteiger partial charge on any atom is -0.417 e. The minimum absolute atomic E-state index is 0.0000329. The van der Waals surface area contributed by atoms with E-state index in [1.165, 1.54) is 31.5 Å². The van der Waals surface area contributed by atoms with Gasteiger partial charge in [-0.05, 0) is 12.1 Å². The van der Waals surface area contributed by atoms with Crippen molar-refractivity contribution in [3.63, 3.8) is 0 Å². The zero-order valence-electron chi connectivity index (χ0n) is 14.9. The normalized spacial score (nSPS) is 15.3. The monoisotopic (exact) mass is 391 g/mol. The molecule has 7 nitrogen and oxygen atoms in total. The van der Waals surface area contributed by atoms with Gasteiger partial charge < -0.3 is 14.2 Å². The van der Waals surface area contributed by atoms with Crippen LogP contribution in [0, 0.1) is 0 Å². The highest BCUT2D eigenvalue weighted by Crippen LogP contribution is 2.38. The SMILES string of the molecule is CC(=O)N1CCN(c2ncnc3oc(-c4ccccc4C(F)(F)F)nc23)CC1. The van der Waals surface area contributed by atoms with Crippen molar-refractivity contribution in [3.8, 4) is 11.5 Å². The lowest BCUT2D eigenvalue weighted by Gasteiger charge is -2.34. The average Bonchev–Trinajstić information content (AvgIpc) is 3.11. The predicted molar refractivity (Wildman–Crippen MR) is 94.5 cm³/mol. The summed E-state index contributed by atoms with van der Waals surface area (Å²) in [6.45, 7) is 3.64. The zero-order chi connectivity index (χ0) is 19.9. The largest absolute Gasteiger partial charge is 0.417 e. The maximum absolute atomic E-state index is 13.3. The molecule has 1 aliphatic heterocycles. The first-order valence-electron chi connectivity index (χ1n) is 8.63. The number of oxazole rings is 1. The molecule has 146 valence electrons. The van der Waals surface area contributed by atoms with Gasteiger partial charge in [-0.3, -0.25) is 4.79 Å². The van der Waals surface area contributed by atoms with E-state index < -0.39 is 11.7 Å². The number of aromatic nitrogens is 3. The Morgan fingerprint density at radius 1 is 1.11 bits per heavy atom. The van der Waals surface area contributed by atoms with Gasteiger partial charge in [0.25, 0.3) is 5.71 Å². The van der Waals surface area contributed by atoms with Crippen molar-refractivity contribution >= 4 is 23.0 Å². The molecule has 0 aliphatic carbocycles. The van der Waals surface area contributed by atoms with Crippen LogP contribution in [0.3, 0.4) is 0 Å².